The molecule has 9 nitrogen and oxygen atoms in total. The van der Waals surface area contributed by atoms with E-state index < -0.39 is 0 Å². The zero-order valence-electron chi connectivity index (χ0n) is 18.0. The fourth-order valence-electron chi connectivity index (χ4n) is 2.52. The van der Waals surface area contributed by atoms with Gasteiger partial charge in [0.25, 0.3) is 5.91 Å². The summed E-state index contributed by atoms with van der Waals surface area (Å²) in [6, 6.07) is 0. The minimum atomic E-state index is -0.305. The second-order valence-corrected chi connectivity index (χ2v) is 8.76. The number of alkyl halides is 1. The number of carbonyl (C=O) groups is 3. The van der Waals surface area contributed by atoms with Crippen molar-refractivity contribution in [3.63, 3.8) is 0 Å². The smallest absolute Gasteiger partial charge is 0.257 e. The third-order valence-corrected chi connectivity index (χ3v) is 3.88. The largest absolute Gasteiger partial charge is 0.287 e. The van der Waals surface area contributed by atoms with E-state index in [-0.39, 0.29) is 48.0 Å². The first kappa shape index (κ1) is 26.8. The van der Waals surface area contributed by atoms with E-state index in [1.165, 1.54) is 10.0 Å². The molecule has 0 heterocycles. The van der Waals surface area contributed by atoms with Gasteiger partial charge in [-0.3, -0.25) is 36.1 Å². The van der Waals surface area contributed by atoms with Gasteiger partial charge >= 0.3 is 0 Å². The lowest BCUT2D eigenvalue weighted by Gasteiger charge is -2.30. The van der Waals surface area contributed by atoms with Crippen LogP contribution in [0.3, 0.4) is 0 Å². The molecule has 0 aromatic carbocycles. The lowest BCUT2D eigenvalue weighted by Crippen LogP contribution is -2.56. The number of nitrogens with two attached hydrogens (primary N) is 1. The molecule has 164 valence electrons. The first-order valence-electron chi connectivity index (χ1n) is 9.64. The van der Waals surface area contributed by atoms with Crippen molar-refractivity contribution in [3.8, 4) is 0 Å². The Kier molecular flexibility index (Phi) is 13.3. The number of hydrazine groups is 3. The molecule has 0 aliphatic heterocycles. The van der Waals surface area contributed by atoms with Crippen LogP contribution in [0, 0.1) is 17.8 Å². The van der Waals surface area contributed by atoms with Crippen LogP contribution >= 0.6 is 15.9 Å². The third kappa shape index (κ3) is 13.0. The van der Waals surface area contributed by atoms with Gasteiger partial charge in [-0.15, -0.1) is 0 Å². The maximum atomic E-state index is 12.7. The van der Waals surface area contributed by atoms with E-state index in [0.717, 1.165) is 0 Å². The Morgan fingerprint density at radius 3 is 1.82 bits per heavy atom. The maximum absolute atomic E-state index is 12.7. The Labute approximate surface area is 177 Å². The SMILES string of the molecule is CC(C)CN(N)CC(=O)NN(CC(=O)N(CC(C)C)NC(=O)CBr)CC(C)C. The average Bonchev–Trinajstić information content (AvgIpc) is 2.51. The van der Waals surface area contributed by atoms with Gasteiger partial charge in [-0.05, 0) is 17.8 Å². The van der Waals surface area contributed by atoms with Crippen LogP contribution in [0.4, 0.5) is 0 Å². The molecule has 3 amide bonds. The molecular weight excluding hydrogens is 428 g/mol. The molecule has 0 bridgehead atoms. The number of carbonyl (C=O) groups excluding carboxylic acids is 3. The van der Waals surface area contributed by atoms with Crippen molar-refractivity contribution in [2.24, 2.45) is 23.6 Å². The van der Waals surface area contributed by atoms with Crippen LogP contribution in [-0.4, -0.2) is 70.8 Å². The number of nitrogens with one attached hydrogen (secondary N) is 2. The highest BCUT2D eigenvalue weighted by Gasteiger charge is 2.22. The summed E-state index contributed by atoms with van der Waals surface area (Å²) in [5, 5.41) is 4.44. The Balaban J connectivity index is 4.99. The quantitative estimate of drug-likeness (QED) is 0.223. The van der Waals surface area contributed by atoms with Gasteiger partial charge in [0, 0.05) is 19.6 Å². The van der Waals surface area contributed by atoms with Gasteiger partial charge in [-0.25, -0.2) is 10.0 Å². The zero-order valence-corrected chi connectivity index (χ0v) is 19.6. The average molecular weight is 465 g/mol. The highest BCUT2D eigenvalue weighted by atomic mass is 79.9. The van der Waals surface area contributed by atoms with Crippen LogP contribution < -0.4 is 16.7 Å². The molecule has 0 unspecified atom stereocenters. The Bertz CT molecular complexity index is 502. The van der Waals surface area contributed by atoms with Crippen LogP contribution in [-0.2, 0) is 14.4 Å². The topological polar surface area (TPSA) is 111 Å². The summed E-state index contributed by atoms with van der Waals surface area (Å²) in [4.78, 5) is 36.7. The molecule has 0 fully saturated rings. The summed E-state index contributed by atoms with van der Waals surface area (Å²) >= 11 is 3.08. The molecule has 0 rings (SSSR count). The second kappa shape index (κ2) is 13.9. The van der Waals surface area contributed by atoms with Crippen LogP contribution in [0.25, 0.3) is 0 Å². The van der Waals surface area contributed by atoms with Gasteiger partial charge < -0.3 is 0 Å². The molecule has 0 aromatic heterocycles. The van der Waals surface area contributed by atoms with E-state index in [1.54, 1.807) is 5.01 Å². The zero-order chi connectivity index (χ0) is 21.9. The molecule has 0 atom stereocenters. The van der Waals surface area contributed by atoms with Gasteiger partial charge in [-0.2, -0.15) is 0 Å². The van der Waals surface area contributed by atoms with Crippen molar-refractivity contribution in [3.05, 3.63) is 0 Å². The number of halogens is 1. The lowest BCUT2D eigenvalue weighted by atomic mass is 10.2. The lowest BCUT2D eigenvalue weighted by molar-refractivity contribution is -0.144. The second-order valence-electron chi connectivity index (χ2n) is 8.20. The molecule has 0 radical (unpaired) electrons. The molecule has 0 spiro atoms. The standard InChI is InChI=1S/C18H37BrN6O3/c1-13(2)8-23(20)11-17(27)21-24(9-14(3)4)12-18(28)25(10-15(5)6)22-16(26)7-19/h13-15H,7-12,20H2,1-6H3,(H,21,27)(H,22,26). The molecule has 0 aromatic rings. The van der Waals surface area contributed by atoms with Gasteiger partial charge in [0.15, 0.2) is 0 Å². The minimum Gasteiger partial charge on any atom is -0.287 e. The van der Waals surface area contributed by atoms with Crippen LogP contribution in [0.15, 0.2) is 0 Å². The van der Waals surface area contributed by atoms with Crippen molar-refractivity contribution in [2.45, 2.75) is 41.5 Å². The van der Waals surface area contributed by atoms with Crippen molar-refractivity contribution in [1.82, 2.24) is 25.9 Å². The number of hydrogen-bond acceptors (Lipinski definition) is 6. The normalized spacial score (nSPS) is 11.6. The van der Waals surface area contributed by atoms with Crippen LogP contribution in [0.2, 0.25) is 0 Å². The highest BCUT2D eigenvalue weighted by molar-refractivity contribution is 9.09. The summed E-state index contributed by atoms with van der Waals surface area (Å²) in [5.41, 5.74) is 5.36. The van der Waals surface area contributed by atoms with Gasteiger partial charge in [0.1, 0.15) is 0 Å². The van der Waals surface area contributed by atoms with Crippen LogP contribution in [0.1, 0.15) is 41.5 Å². The number of rotatable bonds is 12. The van der Waals surface area contributed by atoms with Crippen LogP contribution in [0.5, 0.6) is 0 Å². The predicted octanol–water partition coefficient (Wildman–Crippen LogP) is 0.718. The van der Waals surface area contributed by atoms with E-state index in [4.69, 9.17) is 5.84 Å². The number of nitrogens with zero attached hydrogens (tertiary/aromatic N) is 3. The van der Waals surface area contributed by atoms with Gasteiger partial charge in [0.2, 0.25) is 11.8 Å². The molecule has 0 aliphatic rings. The minimum absolute atomic E-state index is 0.0387. The predicted molar refractivity (Wildman–Crippen MR) is 114 cm³/mol. The van der Waals surface area contributed by atoms with Gasteiger partial charge in [0.05, 0.1) is 18.4 Å². The summed E-state index contributed by atoms with van der Waals surface area (Å²) in [5.74, 6) is 5.72. The summed E-state index contributed by atoms with van der Waals surface area (Å²) in [6.45, 7) is 13.4. The molecular formula is C18H37BrN6O3. The molecule has 28 heavy (non-hydrogen) atoms. The van der Waals surface area contributed by atoms with E-state index in [1.807, 2.05) is 41.5 Å². The molecule has 0 saturated carbocycles. The maximum Gasteiger partial charge on any atom is 0.257 e. The van der Waals surface area contributed by atoms with E-state index in [2.05, 4.69) is 26.8 Å². The van der Waals surface area contributed by atoms with Crippen molar-refractivity contribution < 1.29 is 14.4 Å². The number of amides is 3. The van der Waals surface area contributed by atoms with Crippen molar-refractivity contribution in [1.29, 1.82) is 0 Å². The number of hydrogen-bond donors (Lipinski definition) is 3. The fourth-order valence-corrected chi connectivity index (χ4v) is 2.65. The van der Waals surface area contributed by atoms with Crippen molar-refractivity contribution >= 4 is 33.7 Å². The van der Waals surface area contributed by atoms with E-state index in [0.29, 0.717) is 25.6 Å². The Morgan fingerprint density at radius 2 is 1.36 bits per heavy atom. The van der Waals surface area contributed by atoms with Crippen molar-refractivity contribution in [2.75, 3.05) is 38.1 Å². The molecule has 4 N–H and O–H groups in total. The Hall–Kier alpha value is -1.23. The fraction of sp³-hybridized carbons (Fsp3) is 0.833. The monoisotopic (exact) mass is 464 g/mol. The third-order valence-electron chi connectivity index (χ3n) is 3.37. The Morgan fingerprint density at radius 1 is 0.821 bits per heavy atom. The first-order chi connectivity index (χ1) is 12.9. The molecule has 0 aliphatic carbocycles. The summed E-state index contributed by atoms with van der Waals surface area (Å²) < 4.78 is 0. The summed E-state index contributed by atoms with van der Waals surface area (Å²) in [6.07, 6.45) is 0. The molecule has 0 saturated heterocycles. The highest BCUT2D eigenvalue weighted by Crippen LogP contribution is 2.01. The summed E-state index contributed by atoms with van der Waals surface area (Å²) in [7, 11) is 0. The first-order valence-corrected chi connectivity index (χ1v) is 10.8. The van der Waals surface area contributed by atoms with E-state index in [9.17, 15) is 14.4 Å². The van der Waals surface area contributed by atoms with Gasteiger partial charge in [-0.1, -0.05) is 57.5 Å². The van der Waals surface area contributed by atoms with E-state index >= 15 is 0 Å². The molecule has 10 heteroatoms.